The summed E-state index contributed by atoms with van der Waals surface area (Å²) in [6.45, 7) is 2.23. The zero-order valence-electron chi connectivity index (χ0n) is 21.7. The van der Waals surface area contributed by atoms with Gasteiger partial charge in [0.2, 0.25) is 0 Å². The number of benzene rings is 6. The van der Waals surface area contributed by atoms with Gasteiger partial charge in [-0.1, -0.05) is 103 Å². The fraction of sp³-hybridized carbons (Fsp3) is 0.0270. The molecule has 2 heteroatoms. The van der Waals surface area contributed by atoms with E-state index in [-0.39, 0.29) is 0 Å². The molecule has 2 aromatic heterocycles. The molecule has 0 spiro atoms. The first-order valence-corrected chi connectivity index (χ1v) is 13.5. The van der Waals surface area contributed by atoms with Crippen molar-refractivity contribution in [2.75, 3.05) is 0 Å². The minimum Gasteiger partial charge on any atom is -0.307 e. The lowest BCUT2D eigenvalue weighted by atomic mass is 9.98. The minimum atomic E-state index is 1.17. The van der Waals surface area contributed by atoms with Crippen molar-refractivity contribution in [1.82, 2.24) is 9.13 Å². The fourth-order valence-electron chi connectivity index (χ4n) is 6.33. The van der Waals surface area contributed by atoms with E-state index in [9.17, 15) is 0 Å². The zero-order valence-corrected chi connectivity index (χ0v) is 21.7. The lowest BCUT2D eigenvalue weighted by molar-refractivity contribution is 1.09. The Morgan fingerprint density at radius 1 is 0.385 bits per heavy atom. The van der Waals surface area contributed by atoms with Crippen molar-refractivity contribution < 1.29 is 0 Å². The molecular formula is C37H26N2. The third kappa shape index (κ3) is 3.22. The lowest BCUT2D eigenvalue weighted by Crippen LogP contribution is -2.05. The van der Waals surface area contributed by atoms with Gasteiger partial charge in [0, 0.05) is 21.5 Å². The summed E-state index contributed by atoms with van der Waals surface area (Å²) in [6.07, 6.45) is 0. The van der Waals surface area contributed by atoms with Crippen LogP contribution in [0.1, 0.15) is 5.56 Å². The number of para-hydroxylation sites is 4. The van der Waals surface area contributed by atoms with Gasteiger partial charge in [-0.05, 0) is 60.0 Å². The third-order valence-electron chi connectivity index (χ3n) is 8.05. The van der Waals surface area contributed by atoms with Crippen LogP contribution >= 0.6 is 0 Å². The molecule has 0 radical (unpaired) electrons. The summed E-state index contributed by atoms with van der Waals surface area (Å²) in [5, 5.41) is 5.07. The van der Waals surface area contributed by atoms with Crippen molar-refractivity contribution in [1.29, 1.82) is 0 Å². The SMILES string of the molecule is Cc1cc(-n2c3ccccc3c3ccccc32)c(-n2c3ccccc3c3ccccc32)cc1-c1ccccc1. The molecule has 2 heterocycles. The van der Waals surface area contributed by atoms with Gasteiger partial charge in [0.05, 0.1) is 33.4 Å². The van der Waals surface area contributed by atoms with Crippen molar-refractivity contribution in [3.63, 3.8) is 0 Å². The molecule has 0 atom stereocenters. The fourth-order valence-corrected chi connectivity index (χ4v) is 6.33. The second-order valence-electron chi connectivity index (χ2n) is 10.3. The van der Waals surface area contributed by atoms with E-state index in [2.05, 4.69) is 156 Å². The van der Waals surface area contributed by atoms with Gasteiger partial charge in [-0.25, -0.2) is 0 Å². The standard InChI is InChI=1S/C37H26N2/c1-25-23-36(38-32-19-9-5-15-27(32)28-16-6-10-20-33(28)38)37(24-31(25)26-13-3-2-4-14-26)39-34-21-11-7-17-29(34)30-18-8-12-22-35(30)39/h2-24H,1H3. The summed E-state index contributed by atoms with van der Waals surface area (Å²) in [5.74, 6) is 0. The normalized spacial score (nSPS) is 11.7. The lowest BCUT2D eigenvalue weighted by Gasteiger charge is -2.20. The summed E-state index contributed by atoms with van der Waals surface area (Å²) in [7, 11) is 0. The van der Waals surface area contributed by atoms with Crippen LogP contribution in [0.4, 0.5) is 0 Å². The van der Waals surface area contributed by atoms with Crippen molar-refractivity contribution in [3.8, 4) is 22.5 Å². The van der Waals surface area contributed by atoms with Gasteiger partial charge < -0.3 is 9.13 Å². The molecule has 0 aliphatic carbocycles. The third-order valence-corrected chi connectivity index (χ3v) is 8.05. The van der Waals surface area contributed by atoms with Crippen LogP contribution < -0.4 is 0 Å². The highest BCUT2D eigenvalue weighted by Gasteiger charge is 2.20. The Hall–Kier alpha value is -5.08. The molecule has 8 rings (SSSR count). The minimum absolute atomic E-state index is 1.17. The largest absolute Gasteiger partial charge is 0.307 e. The molecule has 0 saturated heterocycles. The van der Waals surface area contributed by atoms with E-state index < -0.39 is 0 Å². The first-order valence-electron chi connectivity index (χ1n) is 13.5. The Kier molecular flexibility index (Phi) is 4.77. The Bertz CT molecular complexity index is 2070. The van der Waals surface area contributed by atoms with E-state index in [1.54, 1.807) is 0 Å². The van der Waals surface area contributed by atoms with E-state index >= 15 is 0 Å². The first-order chi connectivity index (χ1) is 19.3. The Labute approximate surface area is 227 Å². The zero-order chi connectivity index (χ0) is 25.9. The number of aryl methyl sites for hydroxylation is 1. The number of fused-ring (bicyclic) bond motifs is 6. The Morgan fingerprint density at radius 3 is 1.18 bits per heavy atom. The molecule has 6 aromatic carbocycles. The van der Waals surface area contributed by atoms with Crippen molar-refractivity contribution in [2.45, 2.75) is 6.92 Å². The van der Waals surface area contributed by atoms with Crippen LogP contribution in [-0.4, -0.2) is 9.13 Å². The highest BCUT2D eigenvalue weighted by atomic mass is 15.1. The van der Waals surface area contributed by atoms with E-state index in [1.807, 2.05) is 0 Å². The topological polar surface area (TPSA) is 9.86 Å². The van der Waals surface area contributed by atoms with E-state index in [4.69, 9.17) is 0 Å². The smallest absolute Gasteiger partial charge is 0.0709 e. The molecule has 39 heavy (non-hydrogen) atoms. The second-order valence-corrected chi connectivity index (χ2v) is 10.3. The highest BCUT2D eigenvalue weighted by molar-refractivity contribution is 6.11. The summed E-state index contributed by atoms with van der Waals surface area (Å²) in [5.41, 5.74) is 10.9. The molecule has 0 fully saturated rings. The predicted molar refractivity (Wildman–Crippen MR) is 165 cm³/mol. The predicted octanol–water partition coefficient (Wildman–Crippen LogP) is 9.86. The molecule has 0 aliphatic heterocycles. The molecule has 184 valence electrons. The van der Waals surface area contributed by atoms with Crippen LogP contribution in [0.3, 0.4) is 0 Å². The van der Waals surface area contributed by atoms with Crippen LogP contribution in [0, 0.1) is 6.92 Å². The van der Waals surface area contributed by atoms with Gasteiger partial charge >= 0.3 is 0 Å². The van der Waals surface area contributed by atoms with Crippen molar-refractivity contribution in [3.05, 3.63) is 145 Å². The van der Waals surface area contributed by atoms with E-state index in [0.29, 0.717) is 0 Å². The van der Waals surface area contributed by atoms with E-state index in [1.165, 1.54) is 71.7 Å². The van der Waals surface area contributed by atoms with E-state index in [0.717, 1.165) is 0 Å². The van der Waals surface area contributed by atoms with Crippen LogP contribution in [0.2, 0.25) is 0 Å². The molecule has 0 amide bonds. The maximum absolute atomic E-state index is 2.45. The quantitative estimate of drug-likeness (QED) is 0.229. The van der Waals surface area contributed by atoms with Gasteiger partial charge in [0.25, 0.3) is 0 Å². The Morgan fingerprint density at radius 2 is 0.744 bits per heavy atom. The van der Waals surface area contributed by atoms with Gasteiger partial charge in [-0.2, -0.15) is 0 Å². The first kappa shape index (κ1) is 22.0. The number of hydrogen-bond acceptors (Lipinski definition) is 0. The Balaban J connectivity index is 1.57. The maximum atomic E-state index is 2.45. The van der Waals surface area contributed by atoms with Crippen molar-refractivity contribution >= 4 is 43.6 Å². The average molecular weight is 499 g/mol. The second kappa shape index (κ2) is 8.47. The van der Waals surface area contributed by atoms with Gasteiger partial charge in [-0.3, -0.25) is 0 Å². The van der Waals surface area contributed by atoms with Crippen LogP contribution in [-0.2, 0) is 0 Å². The molecule has 0 bridgehead atoms. The van der Waals surface area contributed by atoms with Crippen LogP contribution in [0.5, 0.6) is 0 Å². The number of hydrogen-bond donors (Lipinski definition) is 0. The summed E-state index contributed by atoms with van der Waals surface area (Å²) in [6, 6.07) is 50.5. The highest BCUT2D eigenvalue weighted by Crippen LogP contribution is 2.40. The number of rotatable bonds is 3. The number of nitrogens with zero attached hydrogens (tertiary/aromatic N) is 2. The van der Waals surface area contributed by atoms with Crippen molar-refractivity contribution in [2.24, 2.45) is 0 Å². The summed E-state index contributed by atoms with van der Waals surface area (Å²) in [4.78, 5) is 0. The maximum Gasteiger partial charge on any atom is 0.0709 e. The monoisotopic (exact) mass is 498 g/mol. The average Bonchev–Trinajstić information content (AvgIpc) is 3.51. The molecule has 2 nitrogen and oxygen atoms in total. The van der Waals surface area contributed by atoms with Gasteiger partial charge in [-0.15, -0.1) is 0 Å². The van der Waals surface area contributed by atoms with Crippen LogP contribution in [0.15, 0.2) is 140 Å². The molecule has 0 aliphatic rings. The molecule has 0 saturated carbocycles. The molecule has 0 N–H and O–H groups in total. The molecule has 8 aromatic rings. The van der Waals surface area contributed by atoms with Gasteiger partial charge in [0.15, 0.2) is 0 Å². The summed E-state index contributed by atoms with van der Waals surface area (Å²) < 4.78 is 4.90. The molecule has 0 unspecified atom stereocenters. The number of aromatic nitrogens is 2. The van der Waals surface area contributed by atoms with Crippen LogP contribution in [0.25, 0.3) is 66.1 Å². The molecular weight excluding hydrogens is 472 g/mol. The summed E-state index contributed by atoms with van der Waals surface area (Å²) >= 11 is 0. The van der Waals surface area contributed by atoms with Gasteiger partial charge in [0.1, 0.15) is 0 Å².